The third-order valence-corrected chi connectivity index (χ3v) is 8.24. The Hall–Kier alpha value is -4.49. The average Bonchev–Trinajstić information content (AvgIpc) is 3.02. The Morgan fingerprint density at radius 1 is 1.04 bits per heavy atom. The third kappa shape index (κ3) is 9.27. The molecule has 2 heterocycles. The second kappa shape index (κ2) is 15.7. The van der Waals surface area contributed by atoms with Crippen LogP contribution in [-0.2, 0) is 9.53 Å². The number of benzene rings is 2. The minimum absolute atomic E-state index is 0.137. The number of anilines is 1. The molecular weight excluding hydrogens is 580 g/mol. The number of nitriles is 1. The largest absolute Gasteiger partial charge is 0.482 e. The standard InChI is InChI=1S/C36H46N6O4/c1-25(16-19-38-35(44)34-26(2)39-24-40-27(34)3)41-20-17-30(18-21-41)42(32(22-37)28-10-8-7-9-11-28)29-12-14-31(15-13-29)45-23-33(43)46-36(4,5)6/h7-15,24-25,30,32H,16-21,23H2,1-6H3,(H,38,44). The van der Waals surface area contributed by atoms with E-state index >= 15 is 0 Å². The zero-order valence-electron chi connectivity index (χ0n) is 27.8. The fourth-order valence-electron chi connectivity index (χ4n) is 5.92. The fourth-order valence-corrected chi connectivity index (χ4v) is 5.92. The first-order valence-electron chi connectivity index (χ1n) is 15.9. The molecule has 2 aromatic carbocycles. The summed E-state index contributed by atoms with van der Waals surface area (Å²) in [5.41, 5.74) is 3.19. The lowest BCUT2D eigenvalue weighted by molar-refractivity contribution is -0.157. The number of likely N-dealkylation sites (tertiary alicyclic amines) is 1. The summed E-state index contributed by atoms with van der Waals surface area (Å²) in [5, 5.41) is 13.5. The summed E-state index contributed by atoms with van der Waals surface area (Å²) in [6.07, 6.45) is 4.07. The summed E-state index contributed by atoms with van der Waals surface area (Å²) in [6, 6.07) is 20.0. The van der Waals surface area contributed by atoms with Gasteiger partial charge in [-0.1, -0.05) is 30.3 Å². The molecule has 46 heavy (non-hydrogen) atoms. The second-order valence-electron chi connectivity index (χ2n) is 12.8. The predicted molar refractivity (Wildman–Crippen MR) is 178 cm³/mol. The molecule has 4 rings (SSSR count). The Morgan fingerprint density at radius 2 is 1.67 bits per heavy atom. The number of nitrogens with one attached hydrogen (secondary N) is 1. The maximum absolute atomic E-state index is 12.8. The van der Waals surface area contributed by atoms with E-state index in [0.29, 0.717) is 29.2 Å². The molecule has 1 aliphatic heterocycles. The third-order valence-electron chi connectivity index (χ3n) is 8.24. The van der Waals surface area contributed by atoms with Crippen molar-refractivity contribution in [2.45, 2.75) is 84.5 Å². The van der Waals surface area contributed by atoms with Crippen molar-refractivity contribution >= 4 is 17.6 Å². The summed E-state index contributed by atoms with van der Waals surface area (Å²) in [5.74, 6) is -0.00308. The number of carbonyl (C=O) groups is 2. The molecule has 10 heteroatoms. The van der Waals surface area contributed by atoms with E-state index in [2.05, 4.69) is 38.1 Å². The Bertz CT molecular complexity index is 1470. The number of nitrogens with zero attached hydrogens (tertiary/aromatic N) is 5. The first kappa shape index (κ1) is 34.4. The highest BCUT2D eigenvalue weighted by molar-refractivity contribution is 5.96. The molecule has 2 atom stereocenters. The molecule has 1 aromatic heterocycles. The molecule has 244 valence electrons. The molecule has 3 aromatic rings. The second-order valence-corrected chi connectivity index (χ2v) is 12.8. The van der Waals surface area contributed by atoms with Gasteiger partial charge >= 0.3 is 5.97 Å². The molecule has 1 fully saturated rings. The Morgan fingerprint density at radius 3 is 2.26 bits per heavy atom. The molecule has 0 radical (unpaired) electrons. The van der Waals surface area contributed by atoms with Gasteiger partial charge in [-0.05, 0) is 90.6 Å². The van der Waals surface area contributed by atoms with Crippen molar-refractivity contribution in [2.75, 3.05) is 31.1 Å². The number of hydrogen-bond donors (Lipinski definition) is 1. The van der Waals surface area contributed by atoms with E-state index in [-0.39, 0.29) is 24.6 Å². The molecule has 0 bridgehead atoms. The highest BCUT2D eigenvalue weighted by Gasteiger charge is 2.32. The van der Waals surface area contributed by atoms with Crippen LogP contribution in [0.1, 0.15) is 80.3 Å². The van der Waals surface area contributed by atoms with Crippen molar-refractivity contribution < 1.29 is 19.1 Å². The van der Waals surface area contributed by atoms with Gasteiger partial charge in [0.1, 0.15) is 23.7 Å². The van der Waals surface area contributed by atoms with Gasteiger partial charge in [-0.25, -0.2) is 14.8 Å². The van der Waals surface area contributed by atoms with Gasteiger partial charge < -0.3 is 24.6 Å². The molecule has 1 saturated heterocycles. The van der Waals surface area contributed by atoms with Gasteiger partial charge in [-0.3, -0.25) is 4.79 Å². The smallest absolute Gasteiger partial charge is 0.344 e. The molecule has 10 nitrogen and oxygen atoms in total. The first-order chi connectivity index (χ1) is 22.0. The van der Waals surface area contributed by atoms with Crippen molar-refractivity contribution in [2.24, 2.45) is 0 Å². The maximum Gasteiger partial charge on any atom is 0.344 e. The number of piperidine rings is 1. The maximum atomic E-state index is 12.8. The number of hydrogen-bond acceptors (Lipinski definition) is 9. The fraction of sp³-hybridized carbons (Fsp3) is 0.472. The highest BCUT2D eigenvalue weighted by Crippen LogP contribution is 2.34. The van der Waals surface area contributed by atoms with Gasteiger partial charge in [0.25, 0.3) is 5.91 Å². The first-order valence-corrected chi connectivity index (χ1v) is 15.9. The molecule has 0 spiro atoms. The van der Waals surface area contributed by atoms with Crippen LogP contribution in [0.3, 0.4) is 0 Å². The summed E-state index contributed by atoms with van der Waals surface area (Å²) >= 11 is 0. The molecular formula is C36H46N6O4. The lowest BCUT2D eigenvalue weighted by atomic mass is 9.96. The van der Waals surface area contributed by atoms with E-state index in [1.54, 1.807) is 0 Å². The van der Waals surface area contributed by atoms with Crippen molar-refractivity contribution in [3.05, 3.63) is 83.4 Å². The summed E-state index contributed by atoms with van der Waals surface area (Å²) in [7, 11) is 0. The zero-order chi connectivity index (χ0) is 33.3. The van der Waals surface area contributed by atoms with Crippen LogP contribution in [0, 0.1) is 25.2 Å². The van der Waals surface area contributed by atoms with Gasteiger partial charge in [0.05, 0.1) is 23.0 Å². The SMILES string of the molecule is Cc1ncnc(C)c1C(=O)NCCC(C)N1CCC(N(c2ccc(OCC(=O)OC(C)(C)C)cc2)C(C#N)c2ccccc2)CC1. The van der Waals surface area contributed by atoms with Crippen LogP contribution >= 0.6 is 0 Å². The molecule has 1 amide bonds. The Balaban J connectivity index is 1.39. The van der Waals surface area contributed by atoms with Crippen molar-refractivity contribution in [3.63, 3.8) is 0 Å². The molecule has 0 saturated carbocycles. The minimum atomic E-state index is -0.575. The summed E-state index contributed by atoms with van der Waals surface area (Å²) < 4.78 is 11.0. The van der Waals surface area contributed by atoms with Crippen molar-refractivity contribution in [1.29, 1.82) is 5.26 Å². The van der Waals surface area contributed by atoms with E-state index in [9.17, 15) is 14.9 Å². The molecule has 2 unspecified atom stereocenters. The van der Waals surface area contributed by atoms with Gasteiger partial charge in [0.15, 0.2) is 6.61 Å². The number of esters is 1. The quantitative estimate of drug-likeness (QED) is 0.258. The van der Waals surface area contributed by atoms with Crippen LogP contribution < -0.4 is 15.0 Å². The average molecular weight is 627 g/mol. The van der Waals surface area contributed by atoms with Crippen LogP contribution in [0.4, 0.5) is 5.69 Å². The van der Waals surface area contributed by atoms with Crippen LogP contribution in [-0.4, -0.2) is 70.7 Å². The lowest BCUT2D eigenvalue weighted by Crippen LogP contribution is -2.49. The van der Waals surface area contributed by atoms with Crippen LogP contribution in [0.2, 0.25) is 0 Å². The van der Waals surface area contributed by atoms with Crippen molar-refractivity contribution in [1.82, 2.24) is 20.2 Å². The monoisotopic (exact) mass is 626 g/mol. The van der Waals surface area contributed by atoms with Gasteiger partial charge in [-0.2, -0.15) is 5.26 Å². The van der Waals surface area contributed by atoms with Crippen LogP contribution in [0.5, 0.6) is 5.75 Å². The highest BCUT2D eigenvalue weighted by atomic mass is 16.6. The molecule has 1 N–H and O–H groups in total. The molecule has 0 aliphatic carbocycles. The number of carbonyl (C=O) groups excluding carboxylic acids is 2. The number of aryl methyl sites for hydroxylation is 2. The van der Waals surface area contributed by atoms with Gasteiger partial charge in [0, 0.05) is 37.4 Å². The predicted octanol–water partition coefficient (Wildman–Crippen LogP) is 5.56. The van der Waals surface area contributed by atoms with Crippen LogP contribution in [0.15, 0.2) is 60.9 Å². The van der Waals surface area contributed by atoms with E-state index < -0.39 is 17.6 Å². The number of ether oxygens (including phenoxy) is 2. The van der Waals surface area contributed by atoms with Gasteiger partial charge in [0.2, 0.25) is 0 Å². The normalized spacial score (nSPS) is 15.3. The minimum Gasteiger partial charge on any atom is -0.482 e. The molecule has 1 aliphatic rings. The lowest BCUT2D eigenvalue weighted by Gasteiger charge is -2.43. The van der Waals surface area contributed by atoms with Crippen LogP contribution in [0.25, 0.3) is 0 Å². The van der Waals surface area contributed by atoms with Crippen molar-refractivity contribution in [3.8, 4) is 11.8 Å². The number of rotatable bonds is 12. The zero-order valence-corrected chi connectivity index (χ0v) is 27.8. The summed E-state index contributed by atoms with van der Waals surface area (Å²) in [4.78, 5) is 37.9. The topological polar surface area (TPSA) is 121 Å². The Kier molecular flexibility index (Phi) is 11.7. The number of amides is 1. The Labute approximate surface area is 272 Å². The van der Waals surface area contributed by atoms with E-state index in [1.165, 1.54) is 6.33 Å². The van der Waals surface area contributed by atoms with Gasteiger partial charge in [-0.15, -0.1) is 0 Å². The van der Waals surface area contributed by atoms with E-state index in [1.807, 2.05) is 89.2 Å². The number of aromatic nitrogens is 2. The van der Waals surface area contributed by atoms with E-state index in [0.717, 1.165) is 43.6 Å². The summed E-state index contributed by atoms with van der Waals surface area (Å²) in [6.45, 7) is 13.5. The van der Waals surface area contributed by atoms with E-state index in [4.69, 9.17) is 9.47 Å².